The van der Waals surface area contributed by atoms with Crippen LogP contribution >= 0.6 is 11.6 Å². The minimum absolute atomic E-state index is 0.147. The van der Waals surface area contributed by atoms with Crippen molar-refractivity contribution in [1.29, 1.82) is 0 Å². The highest BCUT2D eigenvalue weighted by Gasteiger charge is 2.43. The summed E-state index contributed by atoms with van der Waals surface area (Å²) in [5.41, 5.74) is 1.76. The van der Waals surface area contributed by atoms with Gasteiger partial charge in [-0.25, -0.2) is 4.90 Å². The van der Waals surface area contributed by atoms with Gasteiger partial charge >= 0.3 is 0 Å². The van der Waals surface area contributed by atoms with Gasteiger partial charge in [-0.2, -0.15) is 0 Å². The molecule has 0 aliphatic carbocycles. The molecule has 0 N–H and O–H groups in total. The summed E-state index contributed by atoms with van der Waals surface area (Å²) in [7, 11) is 0. The molecule has 2 saturated heterocycles. The molecule has 0 bridgehead atoms. The Hall–Kier alpha value is -2.61. The highest BCUT2D eigenvalue weighted by molar-refractivity contribution is 6.30. The number of rotatable bonds is 4. The molecule has 2 fully saturated rings. The lowest BCUT2D eigenvalue weighted by Gasteiger charge is -2.37. The molecule has 0 unspecified atom stereocenters. The summed E-state index contributed by atoms with van der Waals surface area (Å²) in [6.07, 6.45) is 0.226. The molecule has 2 aromatic carbocycles. The Labute approximate surface area is 179 Å². The fraction of sp³-hybridized carbons (Fsp3) is 0.364. The van der Waals surface area contributed by atoms with Gasteiger partial charge in [0.15, 0.2) is 11.5 Å². The molecular formula is C22H22ClN3O4. The SMILES string of the molecule is O=C1C[C@@H](N2CCN(Cc3ccc4c(c3)OCO4)CC2)C(=O)N1c1ccc(Cl)cc1. The maximum Gasteiger partial charge on any atom is 0.251 e. The fourth-order valence-corrected chi connectivity index (χ4v) is 4.42. The van der Waals surface area contributed by atoms with Crippen molar-refractivity contribution in [3.8, 4) is 11.5 Å². The summed E-state index contributed by atoms with van der Waals surface area (Å²) >= 11 is 5.93. The van der Waals surface area contributed by atoms with Crippen LogP contribution in [0.4, 0.5) is 5.69 Å². The van der Waals surface area contributed by atoms with Gasteiger partial charge in [-0.1, -0.05) is 17.7 Å². The van der Waals surface area contributed by atoms with Crippen molar-refractivity contribution in [2.45, 2.75) is 19.0 Å². The van der Waals surface area contributed by atoms with E-state index in [0.29, 0.717) is 10.7 Å². The second kappa shape index (κ2) is 7.91. The maximum absolute atomic E-state index is 13.0. The third kappa shape index (κ3) is 3.64. The number of fused-ring (bicyclic) bond motifs is 1. The van der Waals surface area contributed by atoms with Gasteiger partial charge in [0.2, 0.25) is 12.7 Å². The topological polar surface area (TPSA) is 62.3 Å². The van der Waals surface area contributed by atoms with Crippen molar-refractivity contribution in [2.75, 3.05) is 37.9 Å². The molecule has 156 valence electrons. The number of hydrogen-bond acceptors (Lipinski definition) is 6. The minimum Gasteiger partial charge on any atom is -0.454 e. The normalized spacial score (nSPS) is 22.2. The number of carbonyl (C=O) groups excluding carboxylic acids is 2. The van der Waals surface area contributed by atoms with Gasteiger partial charge < -0.3 is 9.47 Å². The van der Waals surface area contributed by atoms with Crippen LogP contribution in [0.25, 0.3) is 0 Å². The lowest BCUT2D eigenvalue weighted by molar-refractivity contribution is -0.123. The Morgan fingerprint density at radius 2 is 1.67 bits per heavy atom. The summed E-state index contributed by atoms with van der Waals surface area (Å²) in [4.78, 5) is 31.3. The van der Waals surface area contributed by atoms with Crippen LogP contribution in [0.5, 0.6) is 11.5 Å². The molecule has 0 radical (unpaired) electrons. The van der Waals surface area contributed by atoms with Crippen molar-refractivity contribution in [2.24, 2.45) is 0 Å². The lowest BCUT2D eigenvalue weighted by Crippen LogP contribution is -2.52. The minimum atomic E-state index is -0.388. The number of anilines is 1. The zero-order chi connectivity index (χ0) is 20.7. The van der Waals surface area contributed by atoms with Gasteiger partial charge in [0.25, 0.3) is 5.91 Å². The van der Waals surface area contributed by atoms with Gasteiger partial charge in [0, 0.05) is 37.7 Å². The predicted octanol–water partition coefficient (Wildman–Crippen LogP) is 2.52. The summed E-state index contributed by atoms with van der Waals surface area (Å²) in [6.45, 7) is 4.28. The molecule has 5 rings (SSSR count). The first-order valence-corrected chi connectivity index (χ1v) is 10.4. The van der Waals surface area contributed by atoms with Crippen LogP contribution in [0, 0.1) is 0 Å². The van der Waals surface area contributed by atoms with Crippen molar-refractivity contribution in [1.82, 2.24) is 9.80 Å². The van der Waals surface area contributed by atoms with Crippen LogP contribution in [0.1, 0.15) is 12.0 Å². The first-order valence-electron chi connectivity index (χ1n) is 10.1. The zero-order valence-corrected chi connectivity index (χ0v) is 17.2. The van der Waals surface area contributed by atoms with E-state index in [1.807, 2.05) is 12.1 Å². The number of ether oxygens (including phenoxy) is 2. The monoisotopic (exact) mass is 427 g/mol. The molecule has 0 aromatic heterocycles. The Balaban J connectivity index is 1.20. The number of halogens is 1. The fourth-order valence-electron chi connectivity index (χ4n) is 4.29. The van der Waals surface area contributed by atoms with E-state index in [4.69, 9.17) is 21.1 Å². The summed E-state index contributed by atoms with van der Waals surface area (Å²) in [5, 5.41) is 0.577. The largest absolute Gasteiger partial charge is 0.454 e. The number of benzene rings is 2. The Morgan fingerprint density at radius 1 is 0.933 bits per heavy atom. The number of hydrogen-bond donors (Lipinski definition) is 0. The number of nitrogens with zero attached hydrogens (tertiary/aromatic N) is 3. The van der Waals surface area contributed by atoms with Crippen LogP contribution in [-0.2, 0) is 16.1 Å². The molecule has 1 atom stereocenters. The zero-order valence-electron chi connectivity index (χ0n) is 16.4. The predicted molar refractivity (Wildman–Crippen MR) is 112 cm³/mol. The lowest BCUT2D eigenvalue weighted by atomic mass is 10.1. The van der Waals surface area contributed by atoms with Crippen LogP contribution in [-0.4, -0.2) is 60.6 Å². The molecule has 0 saturated carbocycles. The standard InChI is InChI=1S/C22H22ClN3O4/c23-16-2-4-17(5-3-16)26-21(27)12-18(22(26)28)25-9-7-24(8-10-25)13-15-1-6-19-20(11-15)30-14-29-19/h1-6,11,18H,7-10,12-14H2/t18-/m1/s1. The second-order valence-corrected chi connectivity index (χ2v) is 8.20. The molecular weight excluding hydrogens is 406 g/mol. The van der Waals surface area contributed by atoms with Crippen molar-refractivity contribution in [3.05, 3.63) is 53.1 Å². The molecule has 8 heteroatoms. The number of piperazine rings is 1. The maximum atomic E-state index is 13.0. The van der Waals surface area contributed by atoms with Crippen LogP contribution in [0.15, 0.2) is 42.5 Å². The van der Waals surface area contributed by atoms with Crippen LogP contribution < -0.4 is 14.4 Å². The average molecular weight is 428 g/mol. The molecule has 3 heterocycles. The highest BCUT2D eigenvalue weighted by atomic mass is 35.5. The van der Waals surface area contributed by atoms with E-state index < -0.39 is 0 Å². The molecule has 2 aromatic rings. The van der Waals surface area contributed by atoms with Gasteiger partial charge in [-0.3, -0.25) is 19.4 Å². The first-order chi connectivity index (χ1) is 14.6. The van der Waals surface area contributed by atoms with Gasteiger partial charge in [-0.15, -0.1) is 0 Å². The number of carbonyl (C=O) groups is 2. The third-order valence-electron chi connectivity index (χ3n) is 5.90. The van der Waals surface area contributed by atoms with E-state index in [2.05, 4.69) is 15.9 Å². The van der Waals surface area contributed by atoms with Gasteiger partial charge in [-0.05, 0) is 42.0 Å². The number of amides is 2. The Bertz CT molecular complexity index is 973. The number of imide groups is 1. The quantitative estimate of drug-likeness (QED) is 0.699. The van der Waals surface area contributed by atoms with E-state index in [9.17, 15) is 9.59 Å². The average Bonchev–Trinajstić information content (AvgIpc) is 3.33. The Morgan fingerprint density at radius 3 is 2.43 bits per heavy atom. The molecule has 2 amide bonds. The molecule has 3 aliphatic heterocycles. The van der Waals surface area contributed by atoms with Crippen molar-refractivity contribution < 1.29 is 19.1 Å². The Kier molecular flexibility index (Phi) is 5.10. The van der Waals surface area contributed by atoms with Crippen molar-refractivity contribution >= 4 is 29.1 Å². The van der Waals surface area contributed by atoms with E-state index in [1.54, 1.807) is 24.3 Å². The summed E-state index contributed by atoms with van der Waals surface area (Å²) in [5.74, 6) is 1.28. The van der Waals surface area contributed by atoms with Crippen molar-refractivity contribution in [3.63, 3.8) is 0 Å². The summed E-state index contributed by atoms with van der Waals surface area (Å²) in [6, 6.07) is 12.5. The third-order valence-corrected chi connectivity index (χ3v) is 6.15. The smallest absolute Gasteiger partial charge is 0.251 e. The van der Waals surface area contributed by atoms with E-state index in [-0.39, 0.29) is 31.1 Å². The molecule has 7 nitrogen and oxygen atoms in total. The van der Waals surface area contributed by atoms with Crippen LogP contribution in [0.2, 0.25) is 5.02 Å². The van der Waals surface area contributed by atoms with E-state index in [1.165, 1.54) is 10.5 Å². The van der Waals surface area contributed by atoms with Gasteiger partial charge in [0.05, 0.1) is 18.2 Å². The highest BCUT2D eigenvalue weighted by Crippen LogP contribution is 2.33. The second-order valence-electron chi connectivity index (χ2n) is 7.76. The molecule has 3 aliphatic rings. The summed E-state index contributed by atoms with van der Waals surface area (Å²) < 4.78 is 10.8. The van der Waals surface area contributed by atoms with Gasteiger partial charge in [0.1, 0.15) is 0 Å². The van der Waals surface area contributed by atoms with Crippen LogP contribution in [0.3, 0.4) is 0 Å². The first kappa shape index (κ1) is 19.4. The molecule has 30 heavy (non-hydrogen) atoms. The van der Waals surface area contributed by atoms with E-state index in [0.717, 1.165) is 44.2 Å². The molecule has 0 spiro atoms. The van der Waals surface area contributed by atoms with E-state index >= 15 is 0 Å².